The van der Waals surface area contributed by atoms with Crippen molar-refractivity contribution in [2.24, 2.45) is 0 Å². The van der Waals surface area contributed by atoms with E-state index in [1.165, 1.54) is 42.5 Å². The van der Waals surface area contributed by atoms with E-state index in [0.29, 0.717) is 4.70 Å². The zero-order chi connectivity index (χ0) is 21.6. The minimum atomic E-state index is -5.68. The Kier molecular flexibility index (Phi) is 10.6. The molecule has 0 radical (unpaired) electrons. The number of halogens is 1. The molecule has 16 heteroatoms. The van der Waals surface area contributed by atoms with Gasteiger partial charge in [-0.1, -0.05) is 35.1 Å². The Morgan fingerprint density at radius 3 is 2.23 bits per heavy atom. The van der Waals surface area contributed by atoms with E-state index in [9.17, 15) is 38.6 Å². The van der Waals surface area contributed by atoms with E-state index in [4.69, 9.17) is 11.6 Å². The second-order valence-corrected chi connectivity index (χ2v) is 11.3. The molecule has 3 aromatic rings. The second kappa shape index (κ2) is 11.2. The molecule has 4 N–H and O–H groups in total. The Bertz CT molecular complexity index is 1210. The van der Waals surface area contributed by atoms with Crippen LogP contribution < -0.4 is 79.2 Å². The molecule has 0 spiro atoms. The van der Waals surface area contributed by atoms with Gasteiger partial charge in [0.25, 0.3) is 0 Å². The molecular weight excluding hydrogens is 512 g/mol. The summed E-state index contributed by atoms with van der Waals surface area (Å²) in [6.45, 7) is 0. The fourth-order valence-corrected chi connectivity index (χ4v) is 6.57. The predicted octanol–water partition coefficient (Wildman–Crippen LogP) is -4.87. The van der Waals surface area contributed by atoms with Crippen LogP contribution in [0.1, 0.15) is 11.6 Å². The Hall–Kier alpha value is 0.320. The monoisotopic (exact) mass is 524 g/mol. The zero-order valence-corrected chi connectivity index (χ0v) is 23.6. The molecule has 3 atom stereocenters. The van der Waals surface area contributed by atoms with Gasteiger partial charge in [0.1, 0.15) is 26.3 Å². The number of hydrogen-bond acceptors (Lipinski definition) is 8. The Balaban J connectivity index is 0.00000240. The molecule has 31 heavy (non-hydrogen) atoms. The van der Waals surface area contributed by atoms with Gasteiger partial charge in [0.2, 0.25) is 0 Å². The van der Waals surface area contributed by atoms with Crippen LogP contribution in [0.5, 0.6) is 5.75 Å². The van der Waals surface area contributed by atoms with Crippen molar-refractivity contribution in [3.05, 3.63) is 62.7 Å². The maximum atomic E-state index is 12.4. The molecule has 0 aliphatic heterocycles. The average Bonchev–Trinajstić information content (AvgIpc) is 2.87. The smallest absolute Gasteiger partial charge is 0.778 e. The molecular formula is C15H13ClN2Na2O8P2S. The van der Waals surface area contributed by atoms with Gasteiger partial charge in [0.15, 0.2) is 0 Å². The van der Waals surface area contributed by atoms with Gasteiger partial charge >= 0.3 is 64.0 Å². The minimum absolute atomic E-state index is 0. The van der Waals surface area contributed by atoms with Crippen molar-refractivity contribution in [1.82, 2.24) is 4.68 Å². The summed E-state index contributed by atoms with van der Waals surface area (Å²) in [6.07, 6.45) is 0. The fourth-order valence-electron chi connectivity index (χ4n) is 2.84. The van der Waals surface area contributed by atoms with Gasteiger partial charge in [-0.3, -0.25) is 4.79 Å². The predicted molar refractivity (Wildman–Crippen MR) is 105 cm³/mol. The van der Waals surface area contributed by atoms with Gasteiger partial charge in [0.05, 0.1) is 16.3 Å². The fraction of sp³-hybridized carbons (Fsp3) is 0.133. The van der Waals surface area contributed by atoms with Gasteiger partial charge in [-0.05, 0) is 29.8 Å². The summed E-state index contributed by atoms with van der Waals surface area (Å²) in [5, 5.41) is 7.10. The first-order valence-electron chi connectivity index (χ1n) is 7.81. The molecule has 0 amide bonds. The number of aromatic hydroxyl groups is 1. The molecule has 156 valence electrons. The molecule has 1 heterocycles. The van der Waals surface area contributed by atoms with Crippen LogP contribution in [0.2, 0.25) is 5.02 Å². The van der Waals surface area contributed by atoms with Crippen molar-refractivity contribution in [3.8, 4) is 5.75 Å². The molecule has 0 fully saturated rings. The number of thiazole rings is 1. The summed E-state index contributed by atoms with van der Waals surface area (Å²) >= 11 is 6.65. The normalized spacial score (nSPS) is 16.8. The second-order valence-electron chi connectivity index (χ2n) is 6.06. The molecule has 0 saturated carbocycles. The van der Waals surface area contributed by atoms with Crippen molar-refractivity contribution in [1.29, 1.82) is 0 Å². The molecule has 10 nitrogen and oxygen atoms in total. The third kappa shape index (κ3) is 6.91. The molecule has 3 unspecified atom stereocenters. The Labute approximate surface area is 229 Å². The molecule has 0 bridgehead atoms. The largest absolute Gasteiger partial charge is 1.00 e. The topological polar surface area (TPSA) is 175 Å². The Morgan fingerprint density at radius 1 is 1.06 bits per heavy atom. The molecule has 0 aliphatic carbocycles. The first-order chi connectivity index (χ1) is 13.4. The number of phenolic OH excluding ortho intramolecular Hbond substituents is 1. The molecule has 2 aromatic carbocycles. The van der Waals surface area contributed by atoms with Crippen molar-refractivity contribution < 1.29 is 92.9 Å². The maximum Gasteiger partial charge on any atom is 1.00 e. The van der Waals surface area contributed by atoms with E-state index < -0.39 is 31.5 Å². The van der Waals surface area contributed by atoms with Gasteiger partial charge in [-0.15, -0.1) is 0 Å². The first-order valence-corrected chi connectivity index (χ1v) is 12.3. The summed E-state index contributed by atoms with van der Waals surface area (Å²) in [5.74, 6) is -0.199. The van der Waals surface area contributed by atoms with Crippen LogP contribution in [0.3, 0.4) is 0 Å². The number of hydrogen-bond donors (Lipinski definition) is 4. The number of rotatable bonds is 6. The van der Waals surface area contributed by atoms with E-state index in [-0.39, 0.29) is 81.0 Å². The molecule has 1 aromatic heterocycles. The first kappa shape index (κ1) is 29.4. The van der Waals surface area contributed by atoms with Crippen molar-refractivity contribution >= 4 is 48.3 Å². The molecule has 0 aliphatic rings. The van der Waals surface area contributed by atoms with Gasteiger partial charge in [-0.25, -0.2) is 4.68 Å². The van der Waals surface area contributed by atoms with Crippen LogP contribution in [-0.2, 0) is 9.13 Å². The third-order valence-corrected chi connectivity index (χ3v) is 8.85. The average molecular weight is 525 g/mol. The van der Waals surface area contributed by atoms with Crippen molar-refractivity contribution in [2.45, 2.75) is 11.4 Å². The van der Waals surface area contributed by atoms with Crippen LogP contribution in [0.15, 0.2) is 47.3 Å². The number of benzene rings is 2. The zero-order valence-electron chi connectivity index (χ0n) is 16.2. The van der Waals surface area contributed by atoms with Crippen molar-refractivity contribution in [3.63, 3.8) is 0 Å². The van der Waals surface area contributed by atoms with E-state index >= 15 is 0 Å². The van der Waals surface area contributed by atoms with Gasteiger partial charge < -0.3 is 39.2 Å². The van der Waals surface area contributed by atoms with E-state index in [0.717, 1.165) is 16.0 Å². The number of nitrogens with one attached hydrogen (secondary N) is 1. The summed E-state index contributed by atoms with van der Waals surface area (Å²) < 4.78 is 25.0. The van der Waals surface area contributed by atoms with Crippen LogP contribution in [0.25, 0.3) is 10.2 Å². The van der Waals surface area contributed by atoms with Crippen LogP contribution >= 0.6 is 38.1 Å². The summed E-state index contributed by atoms with van der Waals surface area (Å²) in [7, 11) is -11.4. The summed E-state index contributed by atoms with van der Waals surface area (Å²) in [6, 6.07) is 7.52. The van der Waals surface area contributed by atoms with Crippen LogP contribution in [0.4, 0.5) is 0 Å². The van der Waals surface area contributed by atoms with Crippen molar-refractivity contribution in [2.75, 3.05) is 5.43 Å². The molecule has 0 saturated heterocycles. The maximum absolute atomic E-state index is 12.4. The van der Waals surface area contributed by atoms with E-state index in [2.05, 4.69) is 5.43 Å². The summed E-state index contributed by atoms with van der Waals surface area (Å²) in [4.78, 5) is 54.5. The SMILES string of the molecule is O=c1sc2ccc(O)cc2n1NC(c1cccc(Cl)c1)C(P(=O)([O-])O)P(=O)([O-])O.[Na+].[Na+]. The van der Waals surface area contributed by atoms with Crippen LogP contribution in [0, 0.1) is 0 Å². The minimum Gasteiger partial charge on any atom is -0.778 e. The number of nitrogens with zero attached hydrogens (tertiary/aromatic N) is 1. The third-order valence-electron chi connectivity index (χ3n) is 4.01. The van der Waals surface area contributed by atoms with E-state index in [1.807, 2.05) is 0 Å². The standard InChI is InChI=1S/C15H15ClN2O8P2S.2Na/c16-9-3-1-2-8(6-9)13(14(27(21,22)23)28(24,25)26)17-18-11-7-10(19)4-5-12(11)29-15(18)20;;/h1-7,13-14,17,19H,(H2,21,22,23)(H2,24,25,26);;/q;2*+1/p-2. The number of fused-ring (bicyclic) bond motifs is 1. The molecule has 3 rings (SSSR count). The van der Waals surface area contributed by atoms with Crippen LogP contribution in [-0.4, -0.2) is 25.0 Å². The van der Waals surface area contributed by atoms with Gasteiger partial charge in [0, 0.05) is 11.1 Å². The summed E-state index contributed by atoms with van der Waals surface area (Å²) in [5.41, 5.74) is 2.52. The quantitative estimate of drug-likeness (QED) is 0.182. The number of phenols is 1. The Morgan fingerprint density at radius 2 is 1.68 bits per heavy atom. The van der Waals surface area contributed by atoms with E-state index in [1.54, 1.807) is 0 Å². The number of aromatic nitrogens is 1. The van der Waals surface area contributed by atoms with Gasteiger partial charge in [-0.2, -0.15) is 0 Å².